The molecule has 0 N–H and O–H groups in total. The molecule has 0 aliphatic carbocycles. The third kappa shape index (κ3) is 6.88. The summed E-state index contributed by atoms with van der Waals surface area (Å²) in [5.74, 6) is -2.18. The third-order valence-corrected chi connectivity index (χ3v) is 9.81. The summed E-state index contributed by atoms with van der Waals surface area (Å²) in [5.41, 5.74) is 6.78. The second kappa shape index (κ2) is 14.2. The number of aromatic nitrogens is 1. The first kappa shape index (κ1) is 37.6. The average molecular weight is 791 g/mol. The fraction of sp³-hybridized carbons (Fsp3) is 0.0811. The Morgan fingerprint density at radius 1 is 0.870 bits per heavy atom. The maximum Gasteiger partial charge on any atom is 1.00 e. The molecule has 1 aliphatic rings. The Balaban J connectivity index is 0.00000450. The van der Waals surface area contributed by atoms with Gasteiger partial charge in [0.05, 0.1) is 31.4 Å². The van der Waals surface area contributed by atoms with E-state index in [1.54, 1.807) is 36.4 Å². The number of carbonyl (C=O) groups excluding carboxylic acids is 1. The van der Waals surface area contributed by atoms with Gasteiger partial charge in [-0.3, -0.25) is 9.69 Å². The summed E-state index contributed by atoms with van der Waals surface area (Å²) in [6, 6.07) is 20.7. The molecule has 0 unspecified atom stereocenters. The molecule has 3 aromatic heterocycles. The molecule has 266 valence electrons. The number of para-hydroxylation sites is 2. The van der Waals surface area contributed by atoms with Crippen molar-refractivity contribution in [2.75, 3.05) is 12.0 Å². The van der Waals surface area contributed by atoms with Gasteiger partial charge in [-0.2, -0.15) is 0 Å². The SMILES string of the molecule is C=C=C=C(N1C(=CC(=Cc2oc3cc4c(cc3[n+]2CS(=O)(=O)[O-])oc2ccccc24)CC(=O)OC)Oc2cc3c(cc21)oc1ccccc13)S(=O)(=O)[O-].[K+]. The van der Waals surface area contributed by atoms with Crippen molar-refractivity contribution < 1.29 is 109 Å². The first-order chi connectivity index (χ1) is 25.3. The predicted octanol–water partition coefficient (Wildman–Crippen LogP) is 3.04. The van der Waals surface area contributed by atoms with Gasteiger partial charge in [-0.15, -0.1) is 4.57 Å². The van der Waals surface area contributed by atoms with Crippen molar-refractivity contribution in [2.24, 2.45) is 0 Å². The van der Waals surface area contributed by atoms with Crippen LogP contribution < -0.4 is 65.6 Å². The smallest absolute Gasteiger partial charge is 0.743 e. The second-order valence-corrected chi connectivity index (χ2v) is 14.5. The van der Waals surface area contributed by atoms with E-state index in [1.807, 2.05) is 24.3 Å². The largest absolute Gasteiger partial charge is 1.00 e. The number of carbonyl (C=O) groups is 1. The first-order valence-electron chi connectivity index (χ1n) is 15.6. The topological polar surface area (TPSA) is 196 Å². The number of furan rings is 2. The predicted molar refractivity (Wildman–Crippen MR) is 189 cm³/mol. The molecule has 4 aromatic carbocycles. The molecule has 17 heteroatoms. The maximum atomic E-state index is 12.7. The molecule has 54 heavy (non-hydrogen) atoms. The Kier molecular flexibility index (Phi) is 9.85. The minimum absolute atomic E-state index is 0. The fourth-order valence-electron chi connectivity index (χ4n) is 6.30. The van der Waals surface area contributed by atoms with Gasteiger partial charge in [-0.05, 0) is 42.1 Å². The number of hydrogen-bond acceptors (Lipinski definition) is 13. The summed E-state index contributed by atoms with van der Waals surface area (Å²) in [6.45, 7) is 3.37. The number of anilines is 1. The quantitative estimate of drug-likeness (QED) is 0.0717. The number of benzene rings is 4. The van der Waals surface area contributed by atoms with E-state index in [9.17, 15) is 30.7 Å². The molecule has 4 heterocycles. The second-order valence-electron chi connectivity index (χ2n) is 11.8. The van der Waals surface area contributed by atoms with Crippen molar-refractivity contribution in [3.63, 3.8) is 0 Å². The van der Waals surface area contributed by atoms with Crippen LogP contribution >= 0.6 is 0 Å². The Bertz CT molecular complexity index is 3110. The van der Waals surface area contributed by atoms with Crippen LogP contribution in [0.2, 0.25) is 0 Å². The van der Waals surface area contributed by atoms with Gasteiger partial charge < -0.3 is 31.8 Å². The number of esters is 1. The average Bonchev–Trinajstić information content (AvgIpc) is 3.84. The van der Waals surface area contributed by atoms with E-state index >= 15 is 0 Å². The Morgan fingerprint density at radius 2 is 1.50 bits per heavy atom. The number of oxazole rings is 1. The van der Waals surface area contributed by atoms with Gasteiger partial charge in [-0.25, -0.2) is 16.8 Å². The minimum atomic E-state index is -5.28. The van der Waals surface area contributed by atoms with Crippen LogP contribution in [0.3, 0.4) is 0 Å². The summed E-state index contributed by atoms with van der Waals surface area (Å²) in [4.78, 5) is 13.7. The van der Waals surface area contributed by atoms with Gasteiger partial charge >= 0.3 is 63.2 Å². The zero-order chi connectivity index (χ0) is 37.2. The van der Waals surface area contributed by atoms with Crippen LogP contribution in [-0.2, 0) is 35.6 Å². The summed E-state index contributed by atoms with van der Waals surface area (Å²) in [6.07, 6.45) is 2.00. The molecule has 0 atom stereocenters. The molecule has 14 nitrogen and oxygen atoms in total. The van der Waals surface area contributed by atoms with E-state index in [0.29, 0.717) is 33.1 Å². The van der Waals surface area contributed by atoms with Gasteiger partial charge in [0.25, 0.3) is 5.52 Å². The van der Waals surface area contributed by atoms with Crippen molar-refractivity contribution in [3.8, 4) is 5.75 Å². The zero-order valence-corrected chi connectivity index (χ0v) is 33.1. The van der Waals surface area contributed by atoms with Crippen LogP contribution in [-0.4, -0.2) is 39.0 Å². The van der Waals surface area contributed by atoms with Crippen molar-refractivity contribution in [2.45, 2.75) is 12.3 Å². The normalized spacial score (nSPS) is 14.0. The summed E-state index contributed by atoms with van der Waals surface area (Å²) < 4.78 is 105. The molecular formula is C37H23KN2O12S2. The van der Waals surface area contributed by atoms with Gasteiger partial charge in [0, 0.05) is 33.7 Å². The van der Waals surface area contributed by atoms with Crippen LogP contribution in [0, 0.1) is 0 Å². The molecule has 0 spiro atoms. The number of hydrogen-bond donors (Lipinski definition) is 0. The summed E-state index contributed by atoms with van der Waals surface area (Å²) in [5, 5.41) is 1.86. The minimum Gasteiger partial charge on any atom is -0.743 e. The number of fused-ring (bicyclic) bond motifs is 8. The van der Waals surface area contributed by atoms with Crippen molar-refractivity contribution >= 4 is 92.9 Å². The van der Waals surface area contributed by atoms with Crippen LogP contribution in [0.4, 0.5) is 5.69 Å². The molecule has 0 radical (unpaired) electrons. The summed E-state index contributed by atoms with van der Waals surface area (Å²) in [7, 11) is -9.05. The molecule has 1 aliphatic heterocycles. The monoisotopic (exact) mass is 790 g/mol. The molecular weight excluding hydrogens is 768 g/mol. The van der Waals surface area contributed by atoms with E-state index in [4.69, 9.17) is 22.7 Å². The van der Waals surface area contributed by atoms with Crippen LogP contribution in [0.15, 0.2) is 127 Å². The third-order valence-electron chi connectivity index (χ3n) is 8.48. The Labute approximate surface area is 348 Å². The molecule has 0 saturated carbocycles. The van der Waals surface area contributed by atoms with Crippen molar-refractivity contribution in [1.82, 2.24) is 0 Å². The van der Waals surface area contributed by atoms with E-state index < -0.39 is 43.5 Å². The van der Waals surface area contributed by atoms with E-state index in [0.717, 1.165) is 27.3 Å². The maximum absolute atomic E-state index is 12.7. The van der Waals surface area contributed by atoms with Gasteiger partial charge in [0.2, 0.25) is 17.3 Å². The molecule has 8 rings (SSSR count). The van der Waals surface area contributed by atoms with E-state index in [1.165, 1.54) is 24.3 Å². The van der Waals surface area contributed by atoms with E-state index in [2.05, 4.69) is 18.0 Å². The Hall–Kier alpha value is -4.74. The van der Waals surface area contributed by atoms with E-state index in [-0.39, 0.29) is 91.3 Å². The van der Waals surface area contributed by atoms with Crippen LogP contribution in [0.5, 0.6) is 5.75 Å². The number of methoxy groups -OCH3 is 1. The van der Waals surface area contributed by atoms with Gasteiger partial charge in [-0.1, -0.05) is 42.1 Å². The van der Waals surface area contributed by atoms with Gasteiger partial charge in [0.15, 0.2) is 20.9 Å². The van der Waals surface area contributed by atoms with Crippen molar-refractivity contribution in [3.05, 3.63) is 119 Å². The first-order valence-corrected chi connectivity index (χ1v) is 18.5. The zero-order valence-electron chi connectivity index (χ0n) is 28.3. The molecule has 0 saturated heterocycles. The molecule has 0 bridgehead atoms. The van der Waals surface area contributed by atoms with Gasteiger partial charge in [0.1, 0.15) is 32.5 Å². The van der Waals surface area contributed by atoms with Crippen LogP contribution in [0.25, 0.3) is 61.1 Å². The number of allylic oxidation sites excluding steroid dienone is 1. The number of ether oxygens (including phenoxy) is 2. The molecule has 7 aromatic rings. The number of nitrogens with zero attached hydrogens (tertiary/aromatic N) is 2. The Morgan fingerprint density at radius 3 is 2.11 bits per heavy atom. The number of rotatable bonds is 8. The molecule has 0 amide bonds. The summed E-state index contributed by atoms with van der Waals surface area (Å²) >= 11 is 0. The fourth-order valence-corrected chi connectivity index (χ4v) is 7.49. The molecule has 0 fully saturated rings. The standard InChI is InChI=1S/C37H24N2O12S2.K/c1-3-8-36(53(44,45)46)39-27-19-31-25(23-10-5-7-12-29(23)49-31)17-33(27)51-35(39)14-21(15-37(40)47-2)13-34-38(20-52(41,42)43)26-18-30-24(16-32(26)50-34)22-9-4-6-11-28(22)48-30;/h4-7,9-14,16-19H,1,15,20H2,2H3,(H-,41,42,43,44,45,46);/q;+1/p-1. The van der Waals surface area contributed by atoms with Crippen molar-refractivity contribution in [1.29, 1.82) is 0 Å². The van der Waals surface area contributed by atoms with Crippen LogP contribution in [0.1, 0.15) is 12.3 Å².